The minimum Gasteiger partial charge on any atom is -0.374 e. The van der Waals surface area contributed by atoms with Crippen molar-refractivity contribution in [3.8, 4) is 0 Å². The highest BCUT2D eigenvalue weighted by atomic mass is 32.1. The normalized spacial score (nSPS) is 29.3. The summed E-state index contributed by atoms with van der Waals surface area (Å²) < 4.78 is 4.07. The van der Waals surface area contributed by atoms with E-state index in [0.717, 1.165) is 41.5 Å². The minimum absolute atomic E-state index is 0.923. The Balaban J connectivity index is 1.53. The van der Waals surface area contributed by atoms with Crippen molar-refractivity contribution < 1.29 is 0 Å². The molecule has 5 heteroatoms. The second-order valence-electron chi connectivity index (χ2n) is 6.21. The van der Waals surface area contributed by atoms with Gasteiger partial charge in [-0.1, -0.05) is 10.9 Å². The van der Waals surface area contributed by atoms with Gasteiger partial charge in [-0.2, -0.15) is 0 Å². The van der Waals surface area contributed by atoms with Gasteiger partial charge in [0.2, 0.25) is 0 Å². The van der Waals surface area contributed by atoms with Crippen LogP contribution >= 0.6 is 11.5 Å². The van der Waals surface area contributed by atoms with Crippen molar-refractivity contribution >= 4 is 16.5 Å². The van der Waals surface area contributed by atoms with Gasteiger partial charge in [0.1, 0.15) is 10.7 Å². The maximum atomic E-state index is 4.26. The lowest BCUT2D eigenvalue weighted by molar-refractivity contribution is 0.213. The maximum Gasteiger partial charge on any atom is 0.134 e. The molecule has 2 saturated carbocycles. The zero-order valence-electron chi connectivity index (χ0n) is 11.9. The molecular formula is C14H24N4S. The first-order valence-electron chi connectivity index (χ1n) is 7.50. The van der Waals surface area contributed by atoms with Gasteiger partial charge >= 0.3 is 0 Å². The fraction of sp³-hybridized carbons (Fsp3) is 0.857. The highest BCUT2D eigenvalue weighted by molar-refractivity contribution is 7.10. The van der Waals surface area contributed by atoms with Crippen molar-refractivity contribution in [3.05, 3.63) is 5.69 Å². The van der Waals surface area contributed by atoms with E-state index in [9.17, 15) is 0 Å². The number of hydrogen-bond acceptors (Lipinski definition) is 5. The lowest BCUT2D eigenvalue weighted by atomic mass is 9.88. The van der Waals surface area contributed by atoms with Gasteiger partial charge in [0.05, 0.1) is 0 Å². The topological polar surface area (TPSA) is 41.1 Å². The smallest absolute Gasteiger partial charge is 0.134 e. The number of anilines is 1. The average Bonchev–Trinajstić information content (AvgIpc) is 3.07. The highest BCUT2D eigenvalue weighted by Crippen LogP contribution is 2.48. The summed E-state index contributed by atoms with van der Waals surface area (Å²) in [7, 11) is 2.22. The molecule has 0 amide bonds. The van der Waals surface area contributed by atoms with Crippen LogP contribution < -0.4 is 5.32 Å². The van der Waals surface area contributed by atoms with Gasteiger partial charge in [-0.15, -0.1) is 5.10 Å². The number of fused-ring (bicyclic) bond motifs is 2. The Morgan fingerprint density at radius 3 is 2.95 bits per heavy atom. The Bertz CT molecular complexity index is 419. The molecule has 2 aliphatic rings. The maximum absolute atomic E-state index is 4.26. The lowest BCUT2D eigenvalue weighted by Crippen LogP contribution is -2.28. The monoisotopic (exact) mass is 280 g/mol. The van der Waals surface area contributed by atoms with Gasteiger partial charge in [-0.25, -0.2) is 0 Å². The third-order valence-corrected chi connectivity index (χ3v) is 5.47. The molecule has 0 spiro atoms. The zero-order chi connectivity index (χ0) is 13.2. The van der Waals surface area contributed by atoms with E-state index in [1.807, 2.05) is 0 Å². The van der Waals surface area contributed by atoms with Crippen LogP contribution in [-0.4, -0.2) is 34.6 Å². The molecule has 0 aliphatic heterocycles. The molecule has 0 aromatic carbocycles. The molecule has 1 N–H and O–H groups in total. The molecular weight excluding hydrogens is 256 g/mol. The lowest BCUT2D eigenvalue weighted by Gasteiger charge is -2.26. The predicted molar refractivity (Wildman–Crippen MR) is 79.3 cm³/mol. The van der Waals surface area contributed by atoms with E-state index in [1.165, 1.54) is 43.8 Å². The summed E-state index contributed by atoms with van der Waals surface area (Å²) in [6, 6.07) is 0. The fourth-order valence-electron chi connectivity index (χ4n) is 3.93. The van der Waals surface area contributed by atoms with Crippen LogP contribution in [0.5, 0.6) is 0 Å². The van der Waals surface area contributed by atoms with Crippen molar-refractivity contribution in [3.63, 3.8) is 0 Å². The first-order valence-corrected chi connectivity index (χ1v) is 8.27. The van der Waals surface area contributed by atoms with Gasteiger partial charge in [0.15, 0.2) is 0 Å². The number of hydrogen-bond donors (Lipinski definition) is 1. The molecule has 1 aromatic rings. The van der Waals surface area contributed by atoms with E-state index in [0.29, 0.717) is 0 Å². The number of nitrogens with zero attached hydrogens (tertiary/aromatic N) is 3. The van der Waals surface area contributed by atoms with Crippen molar-refractivity contribution in [1.82, 2.24) is 14.5 Å². The first-order chi connectivity index (χ1) is 9.26. The van der Waals surface area contributed by atoms with Crippen LogP contribution in [-0.2, 0) is 6.54 Å². The fourth-order valence-corrected chi connectivity index (χ4v) is 4.57. The van der Waals surface area contributed by atoms with Crippen molar-refractivity contribution in [2.75, 3.05) is 25.5 Å². The van der Waals surface area contributed by atoms with E-state index in [-0.39, 0.29) is 0 Å². The van der Waals surface area contributed by atoms with Crippen molar-refractivity contribution in [1.29, 1.82) is 0 Å². The average molecular weight is 280 g/mol. The summed E-state index contributed by atoms with van der Waals surface area (Å²) in [6.45, 7) is 5.20. The van der Waals surface area contributed by atoms with Gasteiger partial charge in [-0.05, 0) is 51.0 Å². The van der Waals surface area contributed by atoms with E-state index in [2.05, 4.69) is 33.8 Å². The molecule has 19 heavy (non-hydrogen) atoms. The number of nitrogens with one attached hydrogen (secondary N) is 1. The van der Waals surface area contributed by atoms with Gasteiger partial charge in [0, 0.05) is 31.2 Å². The Morgan fingerprint density at radius 2 is 2.26 bits per heavy atom. The molecule has 1 aromatic heterocycles. The van der Waals surface area contributed by atoms with Crippen LogP contribution in [0.4, 0.5) is 5.00 Å². The third kappa shape index (κ3) is 2.92. The highest BCUT2D eigenvalue weighted by Gasteiger charge is 2.39. The minimum atomic E-state index is 0.923. The van der Waals surface area contributed by atoms with E-state index in [1.54, 1.807) is 0 Å². The van der Waals surface area contributed by atoms with Crippen LogP contribution in [0.3, 0.4) is 0 Å². The summed E-state index contributed by atoms with van der Waals surface area (Å²) in [5.41, 5.74) is 1.11. The number of rotatable bonds is 6. The van der Waals surface area contributed by atoms with E-state index >= 15 is 0 Å². The summed E-state index contributed by atoms with van der Waals surface area (Å²) in [6.07, 6.45) is 5.93. The third-order valence-electron chi connectivity index (χ3n) is 4.74. The molecule has 3 unspecified atom stereocenters. The molecule has 2 bridgehead atoms. The van der Waals surface area contributed by atoms with Crippen molar-refractivity contribution in [2.24, 2.45) is 17.8 Å². The molecule has 2 fully saturated rings. The molecule has 3 atom stereocenters. The molecule has 0 radical (unpaired) electrons. The second-order valence-corrected chi connectivity index (χ2v) is 6.96. The summed E-state index contributed by atoms with van der Waals surface area (Å²) >= 11 is 1.47. The second kappa shape index (κ2) is 5.75. The van der Waals surface area contributed by atoms with Gasteiger partial charge in [0.25, 0.3) is 0 Å². The van der Waals surface area contributed by atoms with Crippen LogP contribution in [0.1, 0.15) is 38.3 Å². The molecule has 3 rings (SSSR count). The Hall–Kier alpha value is -0.680. The summed E-state index contributed by atoms with van der Waals surface area (Å²) in [4.78, 5) is 2.43. The van der Waals surface area contributed by atoms with Crippen LogP contribution in [0.15, 0.2) is 0 Å². The SMILES string of the molecule is CCNc1snnc1CN(C)CC1CC2CCC1C2. The Morgan fingerprint density at radius 1 is 1.37 bits per heavy atom. The van der Waals surface area contributed by atoms with E-state index < -0.39 is 0 Å². The molecule has 106 valence electrons. The van der Waals surface area contributed by atoms with Gasteiger partial charge < -0.3 is 10.2 Å². The first kappa shape index (κ1) is 13.3. The zero-order valence-corrected chi connectivity index (χ0v) is 12.7. The largest absolute Gasteiger partial charge is 0.374 e. The van der Waals surface area contributed by atoms with Crippen LogP contribution in [0.2, 0.25) is 0 Å². The molecule has 4 nitrogen and oxygen atoms in total. The van der Waals surface area contributed by atoms with Crippen LogP contribution in [0.25, 0.3) is 0 Å². The Kier molecular flexibility index (Phi) is 4.03. The van der Waals surface area contributed by atoms with E-state index in [4.69, 9.17) is 0 Å². The summed E-state index contributed by atoms with van der Waals surface area (Å²) in [5.74, 6) is 2.98. The Labute approximate surface area is 119 Å². The molecule has 0 saturated heterocycles. The quantitative estimate of drug-likeness (QED) is 0.870. The standard InChI is InChI=1S/C14H24N4S/c1-3-15-14-13(16-17-19-14)9-18(2)8-12-7-10-4-5-11(12)6-10/h10-12,15H,3-9H2,1-2H3. The van der Waals surface area contributed by atoms with Crippen molar-refractivity contribution in [2.45, 2.75) is 39.2 Å². The molecule has 1 heterocycles. The summed E-state index contributed by atoms with van der Waals surface area (Å²) in [5, 5.41) is 8.75. The number of aromatic nitrogens is 2. The molecule has 2 aliphatic carbocycles. The van der Waals surface area contributed by atoms with Crippen LogP contribution in [0, 0.1) is 17.8 Å². The van der Waals surface area contributed by atoms with Gasteiger partial charge in [-0.3, -0.25) is 0 Å². The predicted octanol–water partition coefficient (Wildman–Crippen LogP) is 2.84.